The molecule has 0 amide bonds. The Labute approximate surface area is 71.7 Å². The minimum Gasteiger partial charge on any atom is -0.342 e. The SMILES string of the molecule is C[Si](C)c1ncc2[nH]cnc2n1. The Morgan fingerprint density at radius 3 is 2.92 bits per heavy atom. The van der Waals surface area contributed by atoms with Gasteiger partial charge in [0.15, 0.2) is 5.65 Å². The van der Waals surface area contributed by atoms with Crippen molar-refractivity contribution < 1.29 is 0 Å². The number of hydrogen-bond acceptors (Lipinski definition) is 3. The Kier molecular flexibility index (Phi) is 1.65. The number of aromatic nitrogens is 4. The van der Waals surface area contributed by atoms with Crippen LogP contribution in [0, 0.1) is 0 Å². The van der Waals surface area contributed by atoms with Gasteiger partial charge in [0.2, 0.25) is 0 Å². The van der Waals surface area contributed by atoms with E-state index in [1.165, 1.54) is 0 Å². The molecule has 0 aliphatic carbocycles. The normalized spacial score (nSPS) is 11.2. The monoisotopic (exact) mass is 177 g/mol. The van der Waals surface area contributed by atoms with Crippen molar-refractivity contribution in [3.05, 3.63) is 12.5 Å². The average molecular weight is 177 g/mol. The molecule has 12 heavy (non-hydrogen) atoms. The summed E-state index contributed by atoms with van der Waals surface area (Å²) in [5, 5.41) is 0. The molecule has 2 aromatic rings. The van der Waals surface area contributed by atoms with E-state index < -0.39 is 8.80 Å². The number of nitrogens with zero attached hydrogens (tertiary/aromatic N) is 3. The van der Waals surface area contributed by atoms with Gasteiger partial charge in [-0.05, 0) is 0 Å². The summed E-state index contributed by atoms with van der Waals surface area (Å²) in [4.78, 5) is 15.6. The third kappa shape index (κ3) is 1.12. The van der Waals surface area contributed by atoms with E-state index in [4.69, 9.17) is 0 Å². The van der Waals surface area contributed by atoms with Gasteiger partial charge in [-0.3, -0.25) is 0 Å². The lowest BCUT2D eigenvalue weighted by Gasteiger charge is -1.98. The maximum atomic E-state index is 4.33. The molecule has 0 atom stereocenters. The van der Waals surface area contributed by atoms with Gasteiger partial charge in [0.05, 0.1) is 12.5 Å². The van der Waals surface area contributed by atoms with E-state index in [0.29, 0.717) is 0 Å². The fourth-order valence-electron chi connectivity index (χ4n) is 0.977. The summed E-state index contributed by atoms with van der Waals surface area (Å²) >= 11 is 0. The Morgan fingerprint density at radius 1 is 1.33 bits per heavy atom. The molecule has 0 unspecified atom stereocenters. The number of nitrogens with one attached hydrogen (secondary N) is 1. The zero-order chi connectivity index (χ0) is 8.55. The van der Waals surface area contributed by atoms with E-state index in [-0.39, 0.29) is 0 Å². The van der Waals surface area contributed by atoms with E-state index >= 15 is 0 Å². The van der Waals surface area contributed by atoms with Crippen LogP contribution in [-0.4, -0.2) is 28.7 Å². The first-order valence-corrected chi connectivity index (χ1v) is 6.24. The van der Waals surface area contributed by atoms with Crippen LogP contribution in [-0.2, 0) is 0 Å². The molecule has 1 radical (unpaired) electrons. The van der Waals surface area contributed by atoms with E-state index in [1.54, 1.807) is 12.5 Å². The van der Waals surface area contributed by atoms with Gasteiger partial charge in [-0.25, -0.2) is 15.0 Å². The van der Waals surface area contributed by atoms with Crippen molar-refractivity contribution in [3.8, 4) is 0 Å². The van der Waals surface area contributed by atoms with Gasteiger partial charge in [0.25, 0.3) is 0 Å². The fourth-order valence-corrected chi connectivity index (χ4v) is 1.63. The second-order valence-corrected chi connectivity index (χ2v) is 5.28. The molecule has 2 heterocycles. The van der Waals surface area contributed by atoms with Gasteiger partial charge < -0.3 is 4.98 Å². The van der Waals surface area contributed by atoms with Gasteiger partial charge in [-0.2, -0.15) is 0 Å². The molecular formula is C7H9N4Si. The molecule has 0 saturated heterocycles. The molecule has 0 fully saturated rings. The first-order chi connectivity index (χ1) is 5.77. The van der Waals surface area contributed by atoms with Crippen LogP contribution in [0.2, 0.25) is 13.1 Å². The largest absolute Gasteiger partial charge is 0.342 e. The van der Waals surface area contributed by atoms with Crippen molar-refractivity contribution in [2.24, 2.45) is 0 Å². The first kappa shape index (κ1) is 7.42. The van der Waals surface area contributed by atoms with Crippen LogP contribution in [0.1, 0.15) is 0 Å². The van der Waals surface area contributed by atoms with Crippen LogP contribution >= 0.6 is 0 Å². The summed E-state index contributed by atoms with van der Waals surface area (Å²) in [6.45, 7) is 4.33. The van der Waals surface area contributed by atoms with Crippen molar-refractivity contribution in [2.45, 2.75) is 13.1 Å². The van der Waals surface area contributed by atoms with Gasteiger partial charge >= 0.3 is 0 Å². The molecular weight excluding hydrogens is 168 g/mol. The van der Waals surface area contributed by atoms with E-state index in [0.717, 1.165) is 16.6 Å². The maximum Gasteiger partial charge on any atom is 0.180 e. The number of aromatic amines is 1. The van der Waals surface area contributed by atoms with Crippen molar-refractivity contribution in [2.75, 3.05) is 0 Å². The lowest BCUT2D eigenvalue weighted by Crippen LogP contribution is -2.29. The van der Waals surface area contributed by atoms with E-state index in [1.807, 2.05) is 0 Å². The lowest BCUT2D eigenvalue weighted by molar-refractivity contribution is 1.25. The Hall–Kier alpha value is -1.23. The van der Waals surface area contributed by atoms with Crippen LogP contribution in [0.5, 0.6) is 0 Å². The highest BCUT2D eigenvalue weighted by Crippen LogP contribution is 1.99. The molecule has 0 aliphatic rings. The highest BCUT2D eigenvalue weighted by molar-refractivity contribution is 6.69. The highest BCUT2D eigenvalue weighted by Gasteiger charge is 2.06. The van der Waals surface area contributed by atoms with Crippen LogP contribution < -0.4 is 5.45 Å². The molecule has 1 N–H and O–H groups in total. The second-order valence-electron chi connectivity index (χ2n) is 2.83. The first-order valence-electron chi connectivity index (χ1n) is 3.74. The minimum absolute atomic E-state index is 0.557. The lowest BCUT2D eigenvalue weighted by atomic mass is 10.6. The summed E-state index contributed by atoms with van der Waals surface area (Å²) in [5.74, 6) is 0. The summed E-state index contributed by atoms with van der Waals surface area (Å²) in [5.41, 5.74) is 2.62. The average Bonchev–Trinajstić information content (AvgIpc) is 2.49. The van der Waals surface area contributed by atoms with Crippen molar-refractivity contribution in [1.82, 2.24) is 19.9 Å². The van der Waals surface area contributed by atoms with Crippen LogP contribution in [0.3, 0.4) is 0 Å². The Morgan fingerprint density at radius 2 is 2.17 bits per heavy atom. The Bertz CT molecular complexity index is 395. The van der Waals surface area contributed by atoms with Gasteiger partial charge in [0.1, 0.15) is 19.8 Å². The molecule has 5 heteroatoms. The summed E-state index contributed by atoms with van der Waals surface area (Å²) in [6.07, 6.45) is 3.43. The number of fused-ring (bicyclic) bond motifs is 1. The summed E-state index contributed by atoms with van der Waals surface area (Å²) < 4.78 is 0. The van der Waals surface area contributed by atoms with Crippen LogP contribution in [0.25, 0.3) is 11.2 Å². The zero-order valence-electron chi connectivity index (χ0n) is 7.00. The van der Waals surface area contributed by atoms with Crippen LogP contribution in [0.4, 0.5) is 0 Å². The fraction of sp³-hybridized carbons (Fsp3) is 0.286. The minimum atomic E-state index is -0.557. The standard InChI is InChI=1S/C7H9N4Si/c1-12(2)7-8-3-5-6(11-7)10-4-9-5/h3-4H,1-2H3,(H,8,9,10,11). The topological polar surface area (TPSA) is 54.5 Å². The maximum absolute atomic E-state index is 4.33. The highest BCUT2D eigenvalue weighted by atomic mass is 28.3. The number of H-pyrrole nitrogens is 1. The third-order valence-electron chi connectivity index (χ3n) is 1.62. The molecule has 61 valence electrons. The zero-order valence-corrected chi connectivity index (χ0v) is 8.00. The van der Waals surface area contributed by atoms with E-state index in [2.05, 4.69) is 33.0 Å². The smallest absolute Gasteiger partial charge is 0.180 e. The quantitative estimate of drug-likeness (QED) is 0.638. The molecule has 0 bridgehead atoms. The predicted molar refractivity (Wildman–Crippen MR) is 48.8 cm³/mol. The number of rotatable bonds is 1. The predicted octanol–water partition coefficient (Wildman–Crippen LogP) is 0.314. The third-order valence-corrected chi connectivity index (χ3v) is 2.76. The summed E-state index contributed by atoms with van der Waals surface area (Å²) in [6, 6.07) is 0. The number of imidazole rings is 1. The van der Waals surface area contributed by atoms with E-state index in [9.17, 15) is 0 Å². The molecule has 4 nitrogen and oxygen atoms in total. The van der Waals surface area contributed by atoms with Crippen molar-refractivity contribution in [1.29, 1.82) is 0 Å². The van der Waals surface area contributed by atoms with Gasteiger partial charge in [-0.1, -0.05) is 13.1 Å². The molecule has 0 aliphatic heterocycles. The van der Waals surface area contributed by atoms with Crippen LogP contribution in [0.15, 0.2) is 12.5 Å². The van der Waals surface area contributed by atoms with Gasteiger partial charge in [0, 0.05) is 0 Å². The van der Waals surface area contributed by atoms with Crippen molar-refractivity contribution in [3.63, 3.8) is 0 Å². The molecule has 0 saturated carbocycles. The second kappa shape index (κ2) is 2.67. The molecule has 0 aromatic carbocycles. The number of hydrogen-bond donors (Lipinski definition) is 1. The van der Waals surface area contributed by atoms with Crippen molar-refractivity contribution >= 4 is 25.4 Å². The van der Waals surface area contributed by atoms with Gasteiger partial charge in [-0.15, -0.1) is 0 Å². The Balaban J connectivity index is 2.60. The molecule has 2 rings (SSSR count). The molecule has 0 spiro atoms. The molecule has 2 aromatic heterocycles. The summed E-state index contributed by atoms with van der Waals surface area (Å²) in [7, 11) is -0.557.